The number of carbonyl (C=O) groups excluding carboxylic acids is 2. The topological polar surface area (TPSA) is 49.4 Å². The van der Waals surface area contributed by atoms with Crippen LogP contribution in [0.1, 0.15) is 60.8 Å². The maximum Gasteiger partial charge on any atom is 0.246 e. The highest BCUT2D eigenvalue weighted by Crippen LogP contribution is 2.24. The first-order valence-electron chi connectivity index (χ1n) is 7.92. The Morgan fingerprint density at radius 2 is 1.75 bits per heavy atom. The summed E-state index contributed by atoms with van der Waals surface area (Å²) in [7, 11) is 0. The van der Waals surface area contributed by atoms with Gasteiger partial charge < -0.3 is 10.2 Å². The Morgan fingerprint density at radius 1 is 1.15 bits per heavy atom. The third-order valence-electron chi connectivity index (χ3n) is 3.96. The summed E-state index contributed by atoms with van der Waals surface area (Å²) in [5.74, 6) is 0.632. The summed E-state index contributed by atoms with van der Waals surface area (Å²) in [4.78, 5) is 27.0. The van der Waals surface area contributed by atoms with E-state index in [1.807, 2.05) is 18.7 Å². The molecule has 0 saturated carbocycles. The molecular formula is C16H30N2O2. The molecule has 1 fully saturated rings. The molecule has 1 saturated heterocycles. The third-order valence-corrected chi connectivity index (χ3v) is 3.96. The molecule has 0 aromatic rings. The molecule has 1 rings (SSSR count). The number of nitrogens with zero attached hydrogens (tertiary/aromatic N) is 1. The summed E-state index contributed by atoms with van der Waals surface area (Å²) in [6.07, 6.45) is 2.67. The van der Waals surface area contributed by atoms with E-state index in [1.54, 1.807) is 0 Å². The second kappa shape index (κ2) is 7.09. The normalized spacial score (nSPS) is 25.3. The number of amides is 2. The predicted octanol–water partition coefficient (Wildman–Crippen LogP) is 2.57. The molecule has 1 heterocycles. The van der Waals surface area contributed by atoms with E-state index >= 15 is 0 Å². The lowest BCUT2D eigenvalue weighted by atomic mass is 9.91. The molecule has 1 N–H and O–H groups in total. The van der Waals surface area contributed by atoms with Crippen LogP contribution in [0.25, 0.3) is 0 Å². The SMILES string of the molecule is CCCC(C)N1C(=O)C(CC(C)C)NC(=O)C1C(C)C. The van der Waals surface area contributed by atoms with Crippen LogP contribution in [0.15, 0.2) is 0 Å². The Bertz CT molecular complexity index is 352. The standard InChI is InChI=1S/C16H30N2O2/c1-7-8-12(6)18-14(11(4)5)15(19)17-13(16(18)20)9-10(2)3/h10-14H,7-9H2,1-6H3,(H,17,19). The zero-order valence-electron chi connectivity index (χ0n) is 13.8. The van der Waals surface area contributed by atoms with Gasteiger partial charge in [-0.1, -0.05) is 41.0 Å². The minimum Gasteiger partial charge on any atom is -0.342 e. The number of nitrogens with one attached hydrogen (secondary N) is 1. The third kappa shape index (κ3) is 3.74. The second-order valence-corrected chi connectivity index (χ2v) is 6.76. The summed E-state index contributed by atoms with van der Waals surface area (Å²) in [6.45, 7) is 12.3. The molecule has 0 aromatic heterocycles. The van der Waals surface area contributed by atoms with Gasteiger partial charge in [0.1, 0.15) is 12.1 Å². The van der Waals surface area contributed by atoms with Crippen molar-refractivity contribution < 1.29 is 9.59 Å². The second-order valence-electron chi connectivity index (χ2n) is 6.76. The summed E-state index contributed by atoms with van der Waals surface area (Å²) in [5.41, 5.74) is 0. The Balaban J connectivity index is 3.01. The molecule has 1 aliphatic rings. The summed E-state index contributed by atoms with van der Waals surface area (Å²) >= 11 is 0. The van der Waals surface area contributed by atoms with Gasteiger partial charge in [0.15, 0.2) is 0 Å². The molecule has 0 radical (unpaired) electrons. The van der Waals surface area contributed by atoms with Gasteiger partial charge in [-0.3, -0.25) is 9.59 Å². The fourth-order valence-corrected chi connectivity index (χ4v) is 3.07. The number of carbonyl (C=O) groups is 2. The van der Waals surface area contributed by atoms with Crippen LogP contribution in [0.5, 0.6) is 0 Å². The highest BCUT2D eigenvalue weighted by atomic mass is 16.2. The van der Waals surface area contributed by atoms with Gasteiger partial charge in [0, 0.05) is 6.04 Å². The first kappa shape index (κ1) is 17.0. The van der Waals surface area contributed by atoms with Crippen molar-refractivity contribution in [3.63, 3.8) is 0 Å². The van der Waals surface area contributed by atoms with Crippen LogP contribution in [0.3, 0.4) is 0 Å². The molecule has 0 aromatic carbocycles. The zero-order chi connectivity index (χ0) is 15.4. The van der Waals surface area contributed by atoms with Crippen LogP contribution in [-0.2, 0) is 9.59 Å². The Labute approximate surface area is 123 Å². The molecular weight excluding hydrogens is 252 g/mol. The molecule has 116 valence electrons. The van der Waals surface area contributed by atoms with Crippen LogP contribution in [0, 0.1) is 11.8 Å². The Kier molecular flexibility index (Phi) is 6.03. The quantitative estimate of drug-likeness (QED) is 0.814. The maximum atomic E-state index is 12.7. The van der Waals surface area contributed by atoms with E-state index in [1.165, 1.54) is 0 Å². The van der Waals surface area contributed by atoms with Gasteiger partial charge in [0.2, 0.25) is 11.8 Å². The van der Waals surface area contributed by atoms with E-state index in [-0.39, 0.29) is 35.9 Å². The van der Waals surface area contributed by atoms with Crippen molar-refractivity contribution in [2.24, 2.45) is 11.8 Å². The van der Waals surface area contributed by atoms with E-state index in [0.717, 1.165) is 12.8 Å². The van der Waals surface area contributed by atoms with Gasteiger partial charge in [0.25, 0.3) is 0 Å². The lowest BCUT2D eigenvalue weighted by Gasteiger charge is -2.44. The summed E-state index contributed by atoms with van der Waals surface area (Å²) in [5, 5.41) is 2.93. The molecule has 2 amide bonds. The van der Waals surface area contributed by atoms with Gasteiger partial charge in [-0.2, -0.15) is 0 Å². The Hall–Kier alpha value is -1.06. The molecule has 4 heteroatoms. The van der Waals surface area contributed by atoms with Crippen molar-refractivity contribution in [1.29, 1.82) is 0 Å². The number of piperazine rings is 1. The highest BCUT2D eigenvalue weighted by Gasteiger charge is 2.43. The molecule has 1 aliphatic heterocycles. The van der Waals surface area contributed by atoms with Crippen LogP contribution in [-0.4, -0.2) is 34.8 Å². The van der Waals surface area contributed by atoms with Crippen molar-refractivity contribution in [3.05, 3.63) is 0 Å². The van der Waals surface area contributed by atoms with E-state index < -0.39 is 0 Å². The van der Waals surface area contributed by atoms with E-state index in [4.69, 9.17) is 0 Å². The monoisotopic (exact) mass is 282 g/mol. The largest absolute Gasteiger partial charge is 0.342 e. The van der Waals surface area contributed by atoms with Crippen molar-refractivity contribution in [2.75, 3.05) is 0 Å². The van der Waals surface area contributed by atoms with Crippen LogP contribution in [0.4, 0.5) is 0 Å². The molecule has 0 spiro atoms. The number of hydrogen-bond acceptors (Lipinski definition) is 2. The molecule has 0 aliphatic carbocycles. The maximum absolute atomic E-state index is 12.7. The van der Waals surface area contributed by atoms with Crippen molar-refractivity contribution in [2.45, 2.75) is 78.9 Å². The van der Waals surface area contributed by atoms with E-state index in [2.05, 4.69) is 33.0 Å². The van der Waals surface area contributed by atoms with Gasteiger partial charge in [0.05, 0.1) is 0 Å². The van der Waals surface area contributed by atoms with Crippen LogP contribution >= 0.6 is 0 Å². The zero-order valence-corrected chi connectivity index (χ0v) is 13.8. The van der Waals surface area contributed by atoms with Crippen LogP contribution in [0.2, 0.25) is 0 Å². The minimum absolute atomic E-state index is 0.00760. The van der Waals surface area contributed by atoms with Crippen molar-refractivity contribution in [1.82, 2.24) is 10.2 Å². The summed E-state index contributed by atoms with van der Waals surface area (Å²) < 4.78 is 0. The minimum atomic E-state index is -0.350. The first-order valence-corrected chi connectivity index (χ1v) is 7.92. The molecule has 4 nitrogen and oxygen atoms in total. The summed E-state index contributed by atoms with van der Waals surface area (Å²) in [6, 6.07) is -0.551. The van der Waals surface area contributed by atoms with Gasteiger partial charge in [-0.15, -0.1) is 0 Å². The lowest BCUT2D eigenvalue weighted by molar-refractivity contribution is -0.154. The van der Waals surface area contributed by atoms with Crippen LogP contribution < -0.4 is 5.32 Å². The first-order chi connectivity index (χ1) is 9.29. The van der Waals surface area contributed by atoms with Gasteiger partial charge in [-0.05, 0) is 31.6 Å². The fourth-order valence-electron chi connectivity index (χ4n) is 3.07. The number of rotatable bonds is 6. The number of hydrogen-bond donors (Lipinski definition) is 1. The highest BCUT2D eigenvalue weighted by molar-refractivity contribution is 5.97. The van der Waals surface area contributed by atoms with Gasteiger partial charge >= 0.3 is 0 Å². The molecule has 3 atom stereocenters. The van der Waals surface area contributed by atoms with E-state index in [9.17, 15) is 9.59 Å². The predicted molar refractivity (Wildman–Crippen MR) is 81.2 cm³/mol. The van der Waals surface area contributed by atoms with Crippen molar-refractivity contribution >= 4 is 11.8 Å². The molecule has 3 unspecified atom stereocenters. The lowest BCUT2D eigenvalue weighted by Crippen LogP contribution is -2.66. The van der Waals surface area contributed by atoms with Gasteiger partial charge in [-0.25, -0.2) is 0 Å². The van der Waals surface area contributed by atoms with E-state index in [0.29, 0.717) is 12.3 Å². The average molecular weight is 282 g/mol. The van der Waals surface area contributed by atoms with Crippen molar-refractivity contribution in [3.8, 4) is 0 Å². The average Bonchev–Trinajstić information content (AvgIpc) is 2.31. The fraction of sp³-hybridized carbons (Fsp3) is 0.875. The molecule has 20 heavy (non-hydrogen) atoms. The molecule has 0 bridgehead atoms. The Morgan fingerprint density at radius 3 is 2.20 bits per heavy atom. The smallest absolute Gasteiger partial charge is 0.246 e.